The van der Waals surface area contributed by atoms with E-state index < -0.39 is 18.0 Å². The first-order chi connectivity index (χ1) is 13.7. The van der Waals surface area contributed by atoms with Gasteiger partial charge in [-0.05, 0) is 44.5 Å². The summed E-state index contributed by atoms with van der Waals surface area (Å²) in [7, 11) is 0. The standard InChI is InChI=1S/C20H19F3N4OS/c1-12-4-5-13(2)16(10-12)17(28)14(3)29-19-26-25-18(15-6-8-24-9-7-15)27(19)11-20(21,22)23/h4-10,14H,11H2,1-3H3. The lowest BCUT2D eigenvalue weighted by atomic mass is 10.0. The summed E-state index contributed by atoms with van der Waals surface area (Å²) >= 11 is 0.968. The monoisotopic (exact) mass is 420 g/mol. The summed E-state index contributed by atoms with van der Waals surface area (Å²) in [5, 5.41) is 7.29. The van der Waals surface area contributed by atoms with E-state index in [0.29, 0.717) is 11.1 Å². The number of thioether (sulfide) groups is 1. The number of carbonyl (C=O) groups excluding carboxylic acids is 1. The molecule has 0 fully saturated rings. The zero-order chi connectivity index (χ0) is 21.2. The normalized spacial score (nSPS) is 12.8. The fraction of sp³-hybridized carbons (Fsp3) is 0.300. The Kier molecular flexibility index (Phi) is 6.07. The molecule has 2 aromatic heterocycles. The molecule has 1 atom stereocenters. The summed E-state index contributed by atoms with van der Waals surface area (Å²) in [4.78, 5) is 16.8. The topological polar surface area (TPSA) is 60.7 Å². The molecule has 29 heavy (non-hydrogen) atoms. The molecule has 0 aliphatic carbocycles. The first-order valence-corrected chi connectivity index (χ1v) is 9.72. The molecule has 0 saturated heterocycles. The van der Waals surface area contributed by atoms with Crippen molar-refractivity contribution in [3.05, 3.63) is 59.4 Å². The van der Waals surface area contributed by atoms with Crippen LogP contribution in [-0.2, 0) is 6.54 Å². The van der Waals surface area contributed by atoms with Gasteiger partial charge in [0.15, 0.2) is 16.8 Å². The van der Waals surface area contributed by atoms with Crippen molar-refractivity contribution in [2.75, 3.05) is 0 Å². The molecule has 2 heterocycles. The van der Waals surface area contributed by atoms with E-state index in [2.05, 4.69) is 15.2 Å². The molecule has 9 heteroatoms. The first-order valence-electron chi connectivity index (χ1n) is 8.84. The third kappa shape index (κ3) is 5.03. The maximum absolute atomic E-state index is 13.2. The molecule has 0 spiro atoms. The van der Waals surface area contributed by atoms with E-state index in [0.717, 1.165) is 27.5 Å². The average Bonchev–Trinajstić information content (AvgIpc) is 3.04. The third-order valence-electron chi connectivity index (χ3n) is 4.30. The van der Waals surface area contributed by atoms with Crippen LogP contribution >= 0.6 is 11.8 Å². The Morgan fingerprint density at radius 1 is 1.14 bits per heavy atom. The Labute approximate surface area is 170 Å². The highest BCUT2D eigenvalue weighted by molar-refractivity contribution is 8.00. The first kappa shape index (κ1) is 21.0. The van der Waals surface area contributed by atoms with Gasteiger partial charge in [-0.25, -0.2) is 0 Å². The van der Waals surface area contributed by atoms with Gasteiger partial charge < -0.3 is 0 Å². The van der Waals surface area contributed by atoms with Crippen LogP contribution < -0.4 is 0 Å². The number of halogens is 3. The number of alkyl halides is 3. The zero-order valence-electron chi connectivity index (χ0n) is 16.1. The van der Waals surface area contributed by atoms with Gasteiger partial charge in [0.05, 0.1) is 5.25 Å². The number of carbonyl (C=O) groups is 1. The summed E-state index contributed by atoms with van der Waals surface area (Å²) in [6, 6.07) is 8.68. The second kappa shape index (κ2) is 8.36. The van der Waals surface area contributed by atoms with Crippen LogP contribution in [0.2, 0.25) is 0 Å². The Hall–Kier alpha value is -2.68. The lowest BCUT2D eigenvalue weighted by Crippen LogP contribution is -2.21. The third-order valence-corrected chi connectivity index (χ3v) is 5.38. The van der Waals surface area contributed by atoms with Crippen LogP contribution in [0.3, 0.4) is 0 Å². The maximum atomic E-state index is 13.2. The average molecular weight is 420 g/mol. The van der Waals surface area contributed by atoms with Crippen LogP contribution in [-0.4, -0.2) is 37.0 Å². The second-order valence-electron chi connectivity index (χ2n) is 6.69. The quantitative estimate of drug-likeness (QED) is 0.420. The van der Waals surface area contributed by atoms with Crippen molar-refractivity contribution in [3.63, 3.8) is 0 Å². The molecular weight excluding hydrogens is 401 g/mol. The van der Waals surface area contributed by atoms with Crippen molar-refractivity contribution in [3.8, 4) is 11.4 Å². The minimum absolute atomic E-state index is 0.0419. The highest BCUT2D eigenvalue weighted by Gasteiger charge is 2.32. The van der Waals surface area contributed by atoms with Gasteiger partial charge in [-0.1, -0.05) is 29.5 Å². The van der Waals surface area contributed by atoms with E-state index >= 15 is 0 Å². The van der Waals surface area contributed by atoms with E-state index in [-0.39, 0.29) is 16.8 Å². The molecule has 0 radical (unpaired) electrons. The number of hydrogen-bond acceptors (Lipinski definition) is 5. The van der Waals surface area contributed by atoms with Gasteiger partial charge in [0.1, 0.15) is 6.54 Å². The highest BCUT2D eigenvalue weighted by Crippen LogP contribution is 2.31. The number of aromatic nitrogens is 4. The summed E-state index contributed by atoms with van der Waals surface area (Å²) in [6.07, 6.45) is -1.51. The lowest BCUT2D eigenvalue weighted by Gasteiger charge is -2.15. The Balaban J connectivity index is 1.93. The number of aryl methyl sites for hydroxylation is 2. The lowest BCUT2D eigenvalue weighted by molar-refractivity contribution is -0.141. The van der Waals surface area contributed by atoms with Gasteiger partial charge in [0, 0.05) is 23.5 Å². The van der Waals surface area contributed by atoms with E-state index in [1.165, 1.54) is 12.4 Å². The molecule has 0 aliphatic heterocycles. The fourth-order valence-electron chi connectivity index (χ4n) is 2.84. The summed E-state index contributed by atoms with van der Waals surface area (Å²) < 4.78 is 40.6. The SMILES string of the molecule is Cc1ccc(C)c(C(=O)C(C)Sc2nnc(-c3ccncc3)n2CC(F)(F)F)c1. The van der Waals surface area contributed by atoms with Crippen molar-refractivity contribution in [1.82, 2.24) is 19.7 Å². The molecule has 0 saturated carbocycles. The number of nitrogens with zero attached hydrogens (tertiary/aromatic N) is 4. The zero-order valence-corrected chi connectivity index (χ0v) is 16.9. The smallest absolute Gasteiger partial charge is 0.293 e. The summed E-state index contributed by atoms with van der Waals surface area (Å²) in [5.74, 6) is -0.0816. The predicted molar refractivity (Wildman–Crippen MR) is 105 cm³/mol. The molecule has 0 bridgehead atoms. The predicted octanol–water partition coefficient (Wildman–Crippen LogP) is 4.88. The van der Waals surface area contributed by atoms with Crippen molar-refractivity contribution in [2.24, 2.45) is 0 Å². The van der Waals surface area contributed by atoms with Crippen molar-refractivity contribution < 1.29 is 18.0 Å². The minimum atomic E-state index is -4.46. The number of pyridine rings is 1. The molecule has 1 unspecified atom stereocenters. The minimum Gasteiger partial charge on any atom is -0.293 e. The van der Waals surface area contributed by atoms with E-state index in [1.807, 2.05) is 26.0 Å². The van der Waals surface area contributed by atoms with Crippen molar-refractivity contribution >= 4 is 17.5 Å². The highest BCUT2D eigenvalue weighted by atomic mass is 32.2. The number of Topliss-reactive ketones (excluding diaryl/α,β-unsaturated/α-hetero) is 1. The summed E-state index contributed by atoms with van der Waals surface area (Å²) in [6.45, 7) is 4.13. The number of hydrogen-bond donors (Lipinski definition) is 0. The number of rotatable bonds is 6. The number of ketones is 1. The van der Waals surface area contributed by atoms with Crippen LogP contribution in [0.4, 0.5) is 13.2 Å². The van der Waals surface area contributed by atoms with Crippen molar-refractivity contribution in [1.29, 1.82) is 0 Å². The fourth-order valence-corrected chi connectivity index (χ4v) is 3.76. The van der Waals surface area contributed by atoms with Crippen LogP contribution in [0.1, 0.15) is 28.4 Å². The molecule has 0 amide bonds. The largest absolute Gasteiger partial charge is 0.406 e. The van der Waals surface area contributed by atoms with Crippen molar-refractivity contribution in [2.45, 2.75) is 43.9 Å². The molecule has 152 valence electrons. The molecule has 5 nitrogen and oxygen atoms in total. The van der Waals surface area contributed by atoms with Crippen LogP contribution in [0.5, 0.6) is 0 Å². The Bertz CT molecular complexity index is 1020. The van der Waals surface area contributed by atoms with Gasteiger partial charge in [-0.15, -0.1) is 10.2 Å². The van der Waals surface area contributed by atoms with Gasteiger partial charge in [-0.3, -0.25) is 14.3 Å². The molecular formula is C20H19F3N4OS. The van der Waals surface area contributed by atoms with Gasteiger partial charge in [-0.2, -0.15) is 13.2 Å². The van der Waals surface area contributed by atoms with Crippen LogP contribution in [0.15, 0.2) is 47.9 Å². The van der Waals surface area contributed by atoms with E-state index in [9.17, 15) is 18.0 Å². The van der Waals surface area contributed by atoms with Gasteiger partial charge in [0.25, 0.3) is 0 Å². The summed E-state index contributed by atoms with van der Waals surface area (Å²) in [5.41, 5.74) is 2.79. The van der Waals surface area contributed by atoms with Gasteiger partial charge in [0.2, 0.25) is 0 Å². The molecule has 0 N–H and O–H groups in total. The number of benzene rings is 1. The van der Waals surface area contributed by atoms with Crippen LogP contribution in [0, 0.1) is 13.8 Å². The Morgan fingerprint density at radius 2 is 1.83 bits per heavy atom. The van der Waals surface area contributed by atoms with E-state index in [4.69, 9.17) is 0 Å². The van der Waals surface area contributed by atoms with E-state index in [1.54, 1.807) is 25.1 Å². The molecule has 1 aromatic carbocycles. The van der Waals surface area contributed by atoms with Crippen LogP contribution in [0.25, 0.3) is 11.4 Å². The Morgan fingerprint density at radius 3 is 2.48 bits per heavy atom. The molecule has 0 aliphatic rings. The maximum Gasteiger partial charge on any atom is 0.406 e. The molecule has 3 rings (SSSR count). The second-order valence-corrected chi connectivity index (χ2v) is 7.99. The molecule has 3 aromatic rings. The van der Waals surface area contributed by atoms with Gasteiger partial charge >= 0.3 is 6.18 Å².